The quantitative estimate of drug-likeness (QED) is 0.803. The van der Waals surface area contributed by atoms with Crippen molar-refractivity contribution in [3.63, 3.8) is 0 Å². The van der Waals surface area contributed by atoms with Gasteiger partial charge in [0.05, 0.1) is 6.54 Å². The van der Waals surface area contributed by atoms with Crippen molar-refractivity contribution in [3.8, 4) is 0 Å². The molecule has 0 unspecified atom stereocenters. The molecule has 1 fully saturated rings. The highest BCUT2D eigenvalue weighted by Gasteiger charge is 2.25. The summed E-state index contributed by atoms with van der Waals surface area (Å²) < 4.78 is 2.23. The van der Waals surface area contributed by atoms with Gasteiger partial charge in [0, 0.05) is 55.6 Å². The molecule has 2 rings (SSSR count). The van der Waals surface area contributed by atoms with Crippen LogP contribution in [0.25, 0.3) is 0 Å². The fourth-order valence-electron chi connectivity index (χ4n) is 3.59. The van der Waals surface area contributed by atoms with Gasteiger partial charge >= 0.3 is 0 Å². The van der Waals surface area contributed by atoms with Crippen molar-refractivity contribution >= 4 is 11.7 Å². The van der Waals surface area contributed by atoms with Gasteiger partial charge in [-0.25, -0.2) is 0 Å². The minimum Gasteiger partial charge on any atom is -0.343 e. The molecule has 5 heteroatoms. The summed E-state index contributed by atoms with van der Waals surface area (Å²) in [5, 5.41) is 0. The number of amides is 1. The Morgan fingerprint density at radius 2 is 1.65 bits per heavy atom. The van der Waals surface area contributed by atoms with Crippen LogP contribution >= 0.6 is 0 Å². The molecular formula is C18H29N3O2. The van der Waals surface area contributed by atoms with Crippen molar-refractivity contribution in [1.29, 1.82) is 0 Å². The number of aromatic nitrogens is 1. The fraction of sp³-hybridized carbons (Fsp3) is 0.667. The van der Waals surface area contributed by atoms with E-state index in [9.17, 15) is 9.59 Å². The number of ketones is 1. The molecule has 0 bridgehead atoms. The number of hydrogen-bond donors (Lipinski definition) is 0. The summed E-state index contributed by atoms with van der Waals surface area (Å²) in [5.74, 6) is 0.287. The first-order valence-corrected chi connectivity index (χ1v) is 8.31. The molecule has 2 heterocycles. The van der Waals surface area contributed by atoms with Crippen LogP contribution in [-0.4, -0.2) is 58.8 Å². The Bertz CT molecular complexity index is 603. The first-order valence-electron chi connectivity index (χ1n) is 8.31. The molecule has 0 radical (unpaired) electrons. The van der Waals surface area contributed by atoms with E-state index in [1.807, 2.05) is 17.9 Å². The molecular weight excluding hydrogens is 290 g/mol. The molecule has 1 aromatic heterocycles. The molecule has 5 nitrogen and oxygen atoms in total. The number of carbonyl (C=O) groups is 2. The summed E-state index contributed by atoms with van der Waals surface area (Å²) in [6, 6.07) is 2.01. The van der Waals surface area contributed by atoms with Gasteiger partial charge in [-0.3, -0.25) is 14.5 Å². The third-order valence-electron chi connectivity index (χ3n) is 4.59. The van der Waals surface area contributed by atoms with Crippen LogP contribution in [0.2, 0.25) is 0 Å². The van der Waals surface area contributed by atoms with E-state index in [1.165, 1.54) is 0 Å². The fourth-order valence-corrected chi connectivity index (χ4v) is 3.59. The lowest BCUT2D eigenvalue weighted by atomic mass is 10.1. The third kappa shape index (κ3) is 3.83. The van der Waals surface area contributed by atoms with Crippen LogP contribution in [0.1, 0.15) is 49.4 Å². The highest BCUT2D eigenvalue weighted by atomic mass is 16.2. The van der Waals surface area contributed by atoms with Crippen LogP contribution in [0.4, 0.5) is 0 Å². The SMILES string of the molecule is CC(=O)N1CCN(CC(=O)c2cc(C)n(C(C)(C)C)c2C)CC1. The largest absolute Gasteiger partial charge is 0.343 e. The van der Waals surface area contributed by atoms with E-state index in [-0.39, 0.29) is 17.2 Å². The third-order valence-corrected chi connectivity index (χ3v) is 4.59. The van der Waals surface area contributed by atoms with E-state index < -0.39 is 0 Å². The zero-order valence-electron chi connectivity index (χ0n) is 15.3. The molecule has 0 spiro atoms. The lowest BCUT2D eigenvalue weighted by Gasteiger charge is -2.33. The van der Waals surface area contributed by atoms with Crippen LogP contribution in [0.15, 0.2) is 6.07 Å². The van der Waals surface area contributed by atoms with Gasteiger partial charge in [0.1, 0.15) is 0 Å². The molecule has 1 amide bonds. The maximum absolute atomic E-state index is 12.7. The maximum Gasteiger partial charge on any atom is 0.219 e. The second-order valence-electron chi connectivity index (χ2n) is 7.50. The number of rotatable bonds is 3. The lowest BCUT2D eigenvalue weighted by Crippen LogP contribution is -2.49. The van der Waals surface area contributed by atoms with Crippen LogP contribution in [0.3, 0.4) is 0 Å². The van der Waals surface area contributed by atoms with Gasteiger partial charge in [0.25, 0.3) is 0 Å². The van der Waals surface area contributed by atoms with Gasteiger partial charge < -0.3 is 9.47 Å². The topological polar surface area (TPSA) is 45.6 Å². The van der Waals surface area contributed by atoms with E-state index in [4.69, 9.17) is 0 Å². The summed E-state index contributed by atoms with van der Waals surface area (Å²) in [6.45, 7) is 15.5. The monoisotopic (exact) mass is 319 g/mol. The number of carbonyl (C=O) groups excluding carboxylic acids is 2. The number of Topliss-reactive ketones (excluding diaryl/α,β-unsaturated/α-hetero) is 1. The van der Waals surface area contributed by atoms with Crippen LogP contribution in [0.5, 0.6) is 0 Å². The molecule has 0 saturated carbocycles. The van der Waals surface area contributed by atoms with Crippen LogP contribution in [-0.2, 0) is 10.3 Å². The average molecular weight is 319 g/mol. The van der Waals surface area contributed by atoms with Crippen molar-refractivity contribution in [2.45, 2.75) is 47.1 Å². The molecule has 23 heavy (non-hydrogen) atoms. The highest BCUT2D eigenvalue weighted by molar-refractivity contribution is 5.99. The first kappa shape index (κ1) is 17.7. The van der Waals surface area contributed by atoms with Crippen LogP contribution in [0, 0.1) is 13.8 Å². The summed E-state index contributed by atoms with van der Waals surface area (Å²) in [4.78, 5) is 28.1. The first-order chi connectivity index (χ1) is 10.6. The Morgan fingerprint density at radius 3 is 2.09 bits per heavy atom. The van der Waals surface area contributed by atoms with Crippen molar-refractivity contribution in [3.05, 3.63) is 23.0 Å². The molecule has 1 aliphatic rings. The van der Waals surface area contributed by atoms with Gasteiger partial charge in [-0.15, -0.1) is 0 Å². The summed E-state index contributed by atoms with van der Waals surface area (Å²) in [6.07, 6.45) is 0. The highest BCUT2D eigenvalue weighted by Crippen LogP contribution is 2.25. The number of piperazine rings is 1. The van der Waals surface area contributed by atoms with Crippen molar-refractivity contribution in [2.75, 3.05) is 32.7 Å². The predicted octanol–water partition coefficient (Wildman–Crippen LogP) is 2.21. The Morgan fingerprint density at radius 1 is 1.09 bits per heavy atom. The zero-order chi connectivity index (χ0) is 17.4. The maximum atomic E-state index is 12.7. The molecule has 1 aliphatic heterocycles. The van der Waals surface area contributed by atoms with E-state index in [0.717, 1.165) is 30.0 Å². The number of aryl methyl sites for hydroxylation is 1. The van der Waals surface area contributed by atoms with Gasteiger partial charge in [0.2, 0.25) is 5.91 Å². The van der Waals surface area contributed by atoms with Gasteiger partial charge in [-0.2, -0.15) is 0 Å². The second kappa shape index (κ2) is 6.48. The number of nitrogens with zero attached hydrogens (tertiary/aromatic N) is 3. The Labute approximate surface area is 139 Å². The normalized spacial score (nSPS) is 16.7. The minimum atomic E-state index is -0.0280. The summed E-state index contributed by atoms with van der Waals surface area (Å²) >= 11 is 0. The zero-order valence-corrected chi connectivity index (χ0v) is 15.3. The van der Waals surface area contributed by atoms with E-state index >= 15 is 0 Å². The minimum absolute atomic E-state index is 0.0280. The van der Waals surface area contributed by atoms with E-state index in [0.29, 0.717) is 19.6 Å². The molecule has 1 saturated heterocycles. The molecule has 1 aromatic rings. The van der Waals surface area contributed by atoms with Gasteiger partial charge in [0.15, 0.2) is 5.78 Å². The second-order valence-corrected chi connectivity index (χ2v) is 7.50. The standard InChI is InChI=1S/C18H29N3O2/c1-13-11-16(14(2)21(13)18(4,5)6)17(23)12-19-7-9-20(10-8-19)15(3)22/h11H,7-10,12H2,1-6H3. The van der Waals surface area contributed by atoms with Crippen molar-refractivity contribution in [1.82, 2.24) is 14.4 Å². The van der Waals surface area contributed by atoms with E-state index in [2.05, 4.69) is 37.2 Å². The Balaban J connectivity index is 2.07. The molecule has 0 atom stereocenters. The molecule has 0 N–H and O–H groups in total. The number of hydrogen-bond acceptors (Lipinski definition) is 3. The van der Waals surface area contributed by atoms with Gasteiger partial charge in [-0.1, -0.05) is 0 Å². The summed E-state index contributed by atoms with van der Waals surface area (Å²) in [5.41, 5.74) is 2.97. The van der Waals surface area contributed by atoms with Crippen LogP contribution < -0.4 is 0 Å². The molecule has 0 aliphatic carbocycles. The van der Waals surface area contributed by atoms with Gasteiger partial charge in [-0.05, 0) is 40.7 Å². The predicted molar refractivity (Wildman–Crippen MR) is 91.9 cm³/mol. The Hall–Kier alpha value is -1.62. The Kier molecular flexibility index (Phi) is 4.99. The van der Waals surface area contributed by atoms with Crippen molar-refractivity contribution < 1.29 is 9.59 Å². The molecule has 128 valence electrons. The lowest BCUT2D eigenvalue weighted by molar-refractivity contribution is -0.130. The van der Waals surface area contributed by atoms with Crippen molar-refractivity contribution in [2.24, 2.45) is 0 Å². The smallest absolute Gasteiger partial charge is 0.219 e. The molecule has 0 aromatic carbocycles. The van der Waals surface area contributed by atoms with E-state index in [1.54, 1.807) is 6.92 Å². The summed E-state index contributed by atoms with van der Waals surface area (Å²) in [7, 11) is 0. The average Bonchev–Trinajstić information content (AvgIpc) is 2.74.